The maximum absolute atomic E-state index is 12.3. The van der Waals surface area contributed by atoms with Crippen molar-refractivity contribution in [1.29, 1.82) is 0 Å². The van der Waals surface area contributed by atoms with Crippen molar-refractivity contribution in [3.8, 4) is 5.88 Å². The number of thioether (sulfide) groups is 1. The van der Waals surface area contributed by atoms with Gasteiger partial charge in [-0.25, -0.2) is 0 Å². The number of carbonyl (C=O) groups is 1. The van der Waals surface area contributed by atoms with Crippen LogP contribution in [0.1, 0.15) is 29.4 Å². The van der Waals surface area contributed by atoms with Crippen LogP contribution < -0.4 is 15.8 Å². The number of hydrogen-bond donors (Lipinski definition) is 2. The molecule has 1 aromatic heterocycles. The number of anilines is 1. The molecule has 25 heavy (non-hydrogen) atoms. The lowest BCUT2D eigenvalue weighted by Gasteiger charge is -2.30. The SMILES string of the molecule is COc1ccc(C(=O)Nc2cccc(C3(C)CCSC(N)=N3)c2)nn1. The van der Waals surface area contributed by atoms with Crippen LogP contribution in [0.25, 0.3) is 0 Å². The van der Waals surface area contributed by atoms with E-state index in [4.69, 9.17) is 10.5 Å². The molecule has 0 bridgehead atoms. The Morgan fingerprint density at radius 2 is 2.16 bits per heavy atom. The van der Waals surface area contributed by atoms with Crippen LogP contribution in [0.15, 0.2) is 41.4 Å². The maximum atomic E-state index is 12.3. The molecule has 2 heterocycles. The van der Waals surface area contributed by atoms with E-state index >= 15 is 0 Å². The van der Waals surface area contributed by atoms with Crippen LogP contribution in [0.4, 0.5) is 5.69 Å². The molecule has 1 aliphatic heterocycles. The minimum atomic E-state index is -0.379. The normalized spacial score (nSPS) is 19.8. The minimum absolute atomic E-state index is 0.216. The number of methoxy groups -OCH3 is 1. The molecule has 8 heteroatoms. The lowest BCUT2D eigenvalue weighted by molar-refractivity contribution is 0.102. The van der Waals surface area contributed by atoms with Gasteiger partial charge in [0.15, 0.2) is 10.9 Å². The van der Waals surface area contributed by atoms with Gasteiger partial charge in [0.1, 0.15) is 0 Å². The van der Waals surface area contributed by atoms with Crippen LogP contribution in [-0.4, -0.2) is 34.1 Å². The number of nitrogens with two attached hydrogens (primary N) is 1. The van der Waals surface area contributed by atoms with Crippen molar-refractivity contribution < 1.29 is 9.53 Å². The number of nitrogens with one attached hydrogen (secondary N) is 1. The van der Waals surface area contributed by atoms with Crippen LogP contribution in [0, 0.1) is 0 Å². The number of rotatable bonds is 4. The minimum Gasteiger partial charge on any atom is -0.480 e. The zero-order chi connectivity index (χ0) is 17.9. The van der Waals surface area contributed by atoms with Gasteiger partial charge in [-0.2, -0.15) is 0 Å². The van der Waals surface area contributed by atoms with E-state index in [1.165, 1.54) is 7.11 Å². The van der Waals surface area contributed by atoms with Crippen molar-refractivity contribution in [3.05, 3.63) is 47.7 Å². The average molecular weight is 357 g/mol. The lowest BCUT2D eigenvalue weighted by atomic mass is 9.89. The smallest absolute Gasteiger partial charge is 0.276 e. The summed E-state index contributed by atoms with van der Waals surface area (Å²) in [6.07, 6.45) is 0.889. The highest BCUT2D eigenvalue weighted by Crippen LogP contribution is 2.35. The van der Waals surface area contributed by atoms with Crippen LogP contribution in [-0.2, 0) is 5.54 Å². The maximum Gasteiger partial charge on any atom is 0.276 e. The Morgan fingerprint density at radius 3 is 2.84 bits per heavy atom. The topological polar surface area (TPSA) is 102 Å². The van der Waals surface area contributed by atoms with Gasteiger partial charge in [0.25, 0.3) is 5.91 Å². The molecule has 1 aliphatic rings. The van der Waals surface area contributed by atoms with E-state index in [9.17, 15) is 4.79 Å². The summed E-state index contributed by atoms with van der Waals surface area (Å²) in [5.74, 6) is 0.945. The highest BCUT2D eigenvalue weighted by molar-refractivity contribution is 8.13. The third-order valence-corrected chi connectivity index (χ3v) is 4.82. The number of carbonyl (C=O) groups excluding carboxylic acids is 1. The third kappa shape index (κ3) is 3.90. The zero-order valence-electron chi connectivity index (χ0n) is 14.0. The summed E-state index contributed by atoms with van der Waals surface area (Å²) >= 11 is 1.56. The van der Waals surface area contributed by atoms with E-state index in [0.717, 1.165) is 17.7 Å². The summed E-state index contributed by atoms with van der Waals surface area (Å²) < 4.78 is 4.94. The molecule has 130 valence electrons. The Bertz CT molecular complexity index is 809. The summed E-state index contributed by atoms with van der Waals surface area (Å²) in [7, 11) is 1.49. The number of hydrogen-bond acceptors (Lipinski definition) is 7. The number of nitrogens with zero attached hydrogens (tertiary/aromatic N) is 3. The van der Waals surface area contributed by atoms with Gasteiger partial charge in [-0.15, -0.1) is 10.2 Å². The quantitative estimate of drug-likeness (QED) is 0.871. The van der Waals surface area contributed by atoms with E-state index in [-0.39, 0.29) is 17.1 Å². The molecule has 0 saturated heterocycles. The number of amides is 1. The summed E-state index contributed by atoms with van der Waals surface area (Å²) in [6.45, 7) is 2.05. The highest BCUT2D eigenvalue weighted by atomic mass is 32.2. The van der Waals surface area contributed by atoms with Gasteiger partial charge in [-0.05, 0) is 37.1 Å². The number of benzene rings is 1. The number of amidine groups is 1. The number of ether oxygens (including phenoxy) is 1. The molecule has 0 fully saturated rings. The number of aliphatic imine (C=N–C) groups is 1. The van der Waals surface area contributed by atoms with Gasteiger partial charge >= 0.3 is 0 Å². The summed E-state index contributed by atoms with van der Waals surface area (Å²) in [5, 5.41) is 11.1. The standard InChI is InChI=1S/C17H19N5O2S/c1-17(8-9-25-16(18)20-17)11-4-3-5-12(10-11)19-15(23)13-6-7-14(24-2)22-21-13/h3-7,10H,8-9H2,1-2H3,(H2,18,20)(H,19,23). The Morgan fingerprint density at radius 1 is 1.32 bits per heavy atom. The zero-order valence-corrected chi connectivity index (χ0v) is 14.8. The van der Waals surface area contributed by atoms with Gasteiger partial charge in [-0.1, -0.05) is 23.9 Å². The van der Waals surface area contributed by atoms with E-state index in [2.05, 4.69) is 27.4 Å². The fourth-order valence-corrected chi connectivity index (χ4v) is 3.55. The first-order chi connectivity index (χ1) is 12.0. The molecule has 1 amide bonds. The third-order valence-electron chi connectivity index (χ3n) is 4.02. The molecule has 0 saturated carbocycles. The van der Waals surface area contributed by atoms with E-state index < -0.39 is 0 Å². The molecule has 3 rings (SSSR count). The van der Waals surface area contributed by atoms with Crippen LogP contribution in [0.2, 0.25) is 0 Å². The molecular weight excluding hydrogens is 338 g/mol. The predicted octanol–water partition coefficient (Wildman–Crippen LogP) is 2.40. The lowest BCUT2D eigenvalue weighted by Crippen LogP contribution is -2.28. The first-order valence-electron chi connectivity index (χ1n) is 7.78. The summed E-state index contributed by atoms with van der Waals surface area (Å²) in [4.78, 5) is 16.9. The summed E-state index contributed by atoms with van der Waals surface area (Å²) in [5.41, 5.74) is 7.40. The Kier molecular flexibility index (Phi) is 4.89. The van der Waals surface area contributed by atoms with Crippen molar-refractivity contribution in [1.82, 2.24) is 10.2 Å². The van der Waals surface area contributed by atoms with Crippen molar-refractivity contribution >= 4 is 28.5 Å². The van der Waals surface area contributed by atoms with E-state index in [1.54, 1.807) is 23.9 Å². The Hall–Kier alpha value is -2.61. The summed E-state index contributed by atoms with van der Waals surface area (Å²) in [6, 6.07) is 10.8. The van der Waals surface area contributed by atoms with E-state index in [0.29, 0.717) is 16.7 Å². The van der Waals surface area contributed by atoms with Crippen LogP contribution in [0.5, 0.6) is 5.88 Å². The number of aromatic nitrogens is 2. The monoisotopic (exact) mass is 357 g/mol. The first-order valence-corrected chi connectivity index (χ1v) is 8.76. The molecule has 1 unspecified atom stereocenters. The van der Waals surface area contributed by atoms with Gasteiger partial charge in [0, 0.05) is 17.5 Å². The average Bonchev–Trinajstić information content (AvgIpc) is 2.62. The molecule has 0 radical (unpaired) electrons. The van der Waals surface area contributed by atoms with Gasteiger partial charge < -0.3 is 15.8 Å². The van der Waals surface area contributed by atoms with Crippen molar-refractivity contribution in [2.75, 3.05) is 18.2 Å². The molecule has 0 aliphatic carbocycles. The van der Waals surface area contributed by atoms with Crippen LogP contribution >= 0.6 is 11.8 Å². The van der Waals surface area contributed by atoms with E-state index in [1.807, 2.05) is 24.3 Å². The van der Waals surface area contributed by atoms with Gasteiger partial charge in [0.05, 0.1) is 12.6 Å². The van der Waals surface area contributed by atoms with Crippen molar-refractivity contribution in [2.24, 2.45) is 10.7 Å². The van der Waals surface area contributed by atoms with Crippen molar-refractivity contribution in [3.63, 3.8) is 0 Å². The molecule has 0 spiro atoms. The first kappa shape index (κ1) is 17.2. The Labute approximate surface area is 150 Å². The van der Waals surface area contributed by atoms with Crippen LogP contribution in [0.3, 0.4) is 0 Å². The fraction of sp³-hybridized carbons (Fsp3) is 0.294. The molecular formula is C17H19N5O2S. The highest BCUT2D eigenvalue weighted by Gasteiger charge is 2.29. The predicted molar refractivity (Wildman–Crippen MR) is 99.0 cm³/mol. The molecule has 3 N–H and O–H groups in total. The molecule has 1 aromatic carbocycles. The second-order valence-electron chi connectivity index (χ2n) is 5.82. The Balaban J connectivity index is 1.79. The second-order valence-corrected chi connectivity index (χ2v) is 6.93. The molecule has 1 atom stereocenters. The largest absolute Gasteiger partial charge is 0.480 e. The second kappa shape index (κ2) is 7.10. The van der Waals surface area contributed by atoms with Crippen molar-refractivity contribution in [2.45, 2.75) is 18.9 Å². The molecule has 7 nitrogen and oxygen atoms in total. The molecule has 2 aromatic rings. The fourth-order valence-electron chi connectivity index (χ4n) is 2.57. The van der Waals surface area contributed by atoms with Gasteiger partial charge in [0.2, 0.25) is 5.88 Å². The van der Waals surface area contributed by atoms with Gasteiger partial charge in [-0.3, -0.25) is 9.79 Å².